The fourth-order valence-electron chi connectivity index (χ4n) is 3.33. The first-order valence-corrected chi connectivity index (χ1v) is 10.5. The highest BCUT2D eigenvalue weighted by Crippen LogP contribution is 2.31. The molecule has 0 saturated carbocycles. The van der Waals surface area contributed by atoms with Crippen LogP contribution in [0.1, 0.15) is 16.2 Å². The van der Waals surface area contributed by atoms with E-state index in [1.165, 1.54) is 23.0 Å². The van der Waals surface area contributed by atoms with Gasteiger partial charge in [-0.1, -0.05) is 12.7 Å². The second-order valence-electron chi connectivity index (χ2n) is 7.00. The molecule has 0 unspecified atom stereocenters. The third-order valence-electron chi connectivity index (χ3n) is 4.94. The summed E-state index contributed by atoms with van der Waals surface area (Å²) < 4.78 is 9.00. The molecule has 0 aliphatic heterocycles. The maximum Gasteiger partial charge on any atom is 0.332 e. The van der Waals surface area contributed by atoms with Crippen molar-refractivity contribution in [2.75, 3.05) is 13.2 Å². The van der Waals surface area contributed by atoms with Crippen molar-refractivity contribution in [3.63, 3.8) is 0 Å². The van der Waals surface area contributed by atoms with Crippen molar-refractivity contribution < 1.29 is 9.53 Å². The summed E-state index contributed by atoms with van der Waals surface area (Å²) in [5.41, 5.74) is 0.175. The van der Waals surface area contributed by atoms with Gasteiger partial charge in [-0.15, -0.1) is 11.3 Å². The molecule has 1 amide bonds. The smallest absolute Gasteiger partial charge is 0.332 e. The Kier molecular flexibility index (Phi) is 5.47. The number of rotatable bonds is 7. The van der Waals surface area contributed by atoms with Crippen LogP contribution in [0.5, 0.6) is 5.75 Å². The van der Waals surface area contributed by atoms with Crippen molar-refractivity contribution in [3.05, 3.63) is 68.5 Å². The van der Waals surface area contributed by atoms with E-state index in [0.29, 0.717) is 42.4 Å². The lowest BCUT2D eigenvalue weighted by molar-refractivity contribution is 0.0954. The normalized spacial score (nSPS) is 11.2. The third kappa shape index (κ3) is 3.77. The second kappa shape index (κ2) is 8.23. The maximum absolute atomic E-state index is 12.7. The van der Waals surface area contributed by atoms with Gasteiger partial charge in [0.25, 0.3) is 11.5 Å². The Bertz CT molecular complexity index is 1430. The van der Waals surface area contributed by atoms with Gasteiger partial charge >= 0.3 is 5.69 Å². The van der Waals surface area contributed by atoms with Crippen LogP contribution in [0.3, 0.4) is 0 Å². The Balaban J connectivity index is 1.50. The van der Waals surface area contributed by atoms with Gasteiger partial charge in [0.05, 0.1) is 0 Å². The molecular weight excluding hydrogens is 418 g/mol. The highest BCUT2D eigenvalue weighted by molar-refractivity contribution is 7.17. The summed E-state index contributed by atoms with van der Waals surface area (Å²) in [6.07, 6.45) is 2.03. The number of carbonyl (C=O) groups excluding carboxylic acids is 1. The van der Waals surface area contributed by atoms with Crippen LogP contribution in [0, 0.1) is 0 Å². The molecule has 2 N–H and O–H groups in total. The molecule has 0 radical (unpaired) electrons. The predicted molar refractivity (Wildman–Crippen MR) is 120 cm³/mol. The molecule has 31 heavy (non-hydrogen) atoms. The molecule has 0 fully saturated rings. The largest absolute Gasteiger partial charge is 0.489 e. The first-order chi connectivity index (χ1) is 14.9. The van der Waals surface area contributed by atoms with Crippen molar-refractivity contribution in [2.45, 2.75) is 6.42 Å². The van der Waals surface area contributed by atoms with Gasteiger partial charge in [-0.25, -0.2) is 9.78 Å². The number of hydrogen-bond acceptors (Lipinski definition) is 6. The van der Waals surface area contributed by atoms with Gasteiger partial charge in [0.1, 0.15) is 23.7 Å². The highest BCUT2D eigenvalue weighted by Gasteiger charge is 2.15. The molecule has 160 valence electrons. The van der Waals surface area contributed by atoms with Gasteiger partial charge < -0.3 is 15.0 Å². The molecule has 3 heterocycles. The second-order valence-corrected chi connectivity index (χ2v) is 7.95. The number of benzene rings is 1. The van der Waals surface area contributed by atoms with Crippen LogP contribution >= 0.6 is 11.3 Å². The zero-order valence-corrected chi connectivity index (χ0v) is 17.9. The van der Waals surface area contributed by atoms with E-state index in [0.717, 1.165) is 14.7 Å². The van der Waals surface area contributed by atoms with Crippen molar-refractivity contribution >= 4 is 38.5 Å². The number of aromatic amines is 1. The number of H-pyrrole nitrogens is 1. The number of ether oxygens (including phenoxy) is 1. The average Bonchev–Trinajstić information content (AvgIpc) is 3.41. The van der Waals surface area contributed by atoms with E-state index in [-0.39, 0.29) is 11.4 Å². The molecule has 0 bridgehead atoms. The maximum atomic E-state index is 12.7. The number of aromatic nitrogens is 4. The number of nitrogens with zero attached hydrogens (tertiary/aromatic N) is 3. The van der Waals surface area contributed by atoms with E-state index >= 15 is 0 Å². The minimum absolute atomic E-state index is 0.238. The zero-order chi connectivity index (χ0) is 22.1. The molecule has 0 aliphatic carbocycles. The van der Waals surface area contributed by atoms with Gasteiger partial charge in [-0.05, 0) is 23.6 Å². The number of fused-ring (bicyclic) bond motifs is 2. The zero-order valence-electron chi connectivity index (χ0n) is 17.1. The van der Waals surface area contributed by atoms with E-state index in [4.69, 9.17) is 4.74 Å². The molecular formula is C21H21N5O4S. The van der Waals surface area contributed by atoms with E-state index in [1.807, 2.05) is 17.5 Å². The lowest BCUT2D eigenvalue weighted by atomic mass is 10.1. The summed E-state index contributed by atoms with van der Waals surface area (Å²) in [4.78, 5) is 44.3. The Morgan fingerprint density at radius 3 is 2.90 bits per heavy atom. The predicted octanol–water partition coefficient (Wildman–Crippen LogP) is 1.71. The Labute approximate surface area is 180 Å². The summed E-state index contributed by atoms with van der Waals surface area (Å²) in [5.74, 6) is 0.910. The summed E-state index contributed by atoms with van der Waals surface area (Å²) >= 11 is 1.53. The SMILES string of the molecule is C=CCOc1cc(C(=O)NCCc2nc3c([nH]2)c(=O)n(C)c(=O)n3C)cc2sccc12. The Morgan fingerprint density at radius 2 is 2.13 bits per heavy atom. The van der Waals surface area contributed by atoms with Gasteiger partial charge in [0.2, 0.25) is 0 Å². The van der Waals surface area contributed by atoms with Crippen molar-refractivity contribution in [1.29, 1.82) is 0 Å². The summed E-state index contributed by atoms with van der Waals surface area (Å²) in [6, 6.07) is 5.50. The molecule has 0 aliphatic rings. The molecule has 10 heteroatoms. The van der Waals surface area contributed by atoms with Crippen LogP contribution in [0.15, 0.2) is 45.8 Å². The quantitative estimate of drug-likeness (QED) is 0.426. The monoisotopic (exact) mass is 439 g/mol. The van der Waals surface area contributed by atoms with Crippen LogP contribution in [0.2, 0.25) is 0 Å². The molecule has 0 spiro atoms. The minimum Gasteiger partial charge on any atom is -0.489 e. The van der Waals surface area contributed by atoms with Gasteiger partial charge in [-0.3, -0.25) is 18.7 Å². The number of aryl methyl sites for hydroxylation is 1. The molecule has 4 rings (SSSR count). The molecule has 4 aromatic rings. The van der Waals surface area contributed by atoms with Crippen LogP contribution in [-0.2, 0) is 20.5 Å². The van der Waals surface area contributed by atoms with Crippen LogP contribution in [-0.4, -0.2) is 38.2 Å². The Hall–Kier alpha value is -3.66. The summed E-state index contributed by atoms with van der Waals surface area (Å²) in [5, 5.41) is 5.77. The lowest BCUT2D eigenvalue weighted by Crippen LogP contribution is -2.36. The average molecular weight is 439 g/mol. The first kappa shape index (κ1) is 20.6. The number of carbonyl (C=O) groups is 1. The number of amides is 1. The van der Waals surface area contributed by atoms with Gasteiger partial charge in [-0.2, -0.15) is 0 Å². The van der Waals surface area contributed by atoms with Crippen molar-refractivity contribution in [1.82, 2.24) is 24.4 Å². The molecule has 0 atom stereocenters. The molecule has 3 aromatic heterocycles. The van der Waals surface area contributed by atoms with E-state index in [2.05, 4.69) is 21.9 Å². The molecule has 0 saturated heterocycles. The number of nitrogens with one attached hydrogen (secondary N) is 2. The third-order valence-corrected chi connectivity index (χ3v) is 5.81. The number of hydrogen-bond donors (Lipinski definition) is 2. The molecule has 1 aromatic carbocycles. The van der Waals surface area contributed by atoms with Gasteiger partial charge in [0, 0.05) is 42.7 Å². The lowest BCUT2D eigenvalue weighted by Gasteiger charge is -2.09. The standard InChI is InChI=1S/C21H21N5O4S/c1-4-8-30-14-10-12(11-15-13(14)6-9-31-15)19(27)22-7-5-16-23-17-18(24-16)25(2)21(29)26(3)20(17)28/h4,6,9-11H,1,5,7-8H2,2-3H3,(H,22,27)(H,23,24). The van der Waals surface area contributed by atoms with Crippen LogP contribution in [0.4, 0.5) is 0 Å². The minimum atomic E-state index is -0.442. The van der Waals surface area contributed by atoms with E-state index in [9.17, 15) is 14.4 Å². The number of thiophene rings is 1. The first-order valence-electron chi connectivity index (χ1n) is 9.58. The number of imidazole rings is 1. The fraction of sp³-hybridized carbons (Fsp3) is 0.238. The van der Waals surface area contributed by atoms with E-state index < -0.39 is 11.2 Å². The summed E-state index contributed by atoms with van der Waals surface area (Å²) in [7, 11) is 2.98. The van der Waals surface area contributed by atoms with E-state index in [1.54, 1.807) is 19.2 Å². The van der Waals surface area contributed by atoms with Crippen LogP contribution in [0.25, 0.3) is 21.3 Å². The Morgan fingerprint density at radius 1 is 1.32 bits per heavy atom. The fourth-order valence-corrected chi connectivity index (χ4v) is 4.17. The topological polar surface area (TPSA) is 111 Å². The van der Waals surface area contributed by atoms with Crippen molar-refractivity contribution in [2.24, 2.45) is 14.1 Å². The van der Waals surface area contributed by atoms with Gasteiger partial charge in [0.15, 0.2) is 5.65 Å². The molecule has 9 nitrogen and oxygen atoms in total. The summed E-state index contributed by atoms with van der Waals surface area (Å²) in [6.45, 7) is 4.31. The van der Waals surface area contributed by atoms with Crippen molar-refractivity contribution in [3.8, 4) is 5.75 Å². The highest BCUT2D eigenvalue weighted by atomic mass is 32.1. The van der Waals surface area contributed by atoms with Crippen LogP contribution < -0.4 is 21.3 Å².